The van der Waals surface area contributed by atoms with Gasteiger partial charge in [0.15, 0.2) is 0 Å². The standard InChI is InChI=1S/C22H19ClN2/c1-22(2)19-6-4-3-5-16(19)17-11-12-20(18(13-24)21(17)22)25-15-9-7-14(23)8-10-15/h3-13,24-25H,1-2H3. The van der Waals surface area contributed by atoms with E-state index in [0.29, 0.717) is 5.02 Å². The van der Waals surface area contributed by atoms with Crippen LogP contribution >= 0.6 is 11.6 Å². The van der Waals surface area contributed by atoms with Crippen LogP contribution in [0, 0.1) is 5.41 Å². The molecule has 124 valence electrons. The average Bonchev–Trinajstić information content (AvgIpc) is 2.85. The van der Waals surface area contributed by atoms with E-state index < -0.39 is 0 Å². The Bertz CT molecular complexity index is 972. The summed E-state index contributed by atoms with van der Waals surface area (Å²) in [6.07, 6.45) is 1.46. The van der Waals surface area contributed by atoms with Crippen LogP contribution in [0.1, 0.15) is 30.5 Å². The minimum Gasteiger partial charge on any atom is -0.355 e. The van der Waals surface area contributed by atoms with Gasteiger partial charge in [-0.1, -0.05) is 55.8 Å². The van der Waals surface area contributed by atoms with Crippen LogP contribution in [-0.2, 0) is 5.41 Å². The van der Waals surface area contributed by atoms with Crippen molar-refractivity contribution in [3.8, 4) is 11.1 Å². The number of benzene rings is 3. The lowest BCUT2D eigenvalue weighted by Gasteiger charge is -2.24. The summed E-state index contributed by atoms with van der Waals surface area (Å²) in [5, 5.41) is 12.2. The molecule has 2 nitrogen and oxygen atoms in total. The highest BCUT2D eigenvalue weighted by Crippen LogP contribution is 2.51. The van der Waals surface area contributed by atoms with Crippen molar-refractivity contribution in [2.75, 3.05) is 5.32 Å². The van der Waals surface area contributed by atoms with Crippen LogP contribution in [0.25, 0.3) is 11.1 Å². The van der Waals surface area contributed by atoms with Gasteiger partial charge in [0.2, 0.25) is 0 Å². The zero-order valence-corrected chi connectivity index (χ0v) is 15.0. The maximum atomic E-state index is 8.05. The molecule has 0 fully saturated rings. The number of nitrogens with one attached hydrogen (secondary N) is 2. The van der Waals surface area contributed by atoms with Gasteiger partial charge in [-0.3, -0.25) is 0 Å². The van der Waals surface area contributed by atoms with E-state index in [1.165, 1.54) is 28.5 Å². The first-order valence-electron chi connectivity index (χ1n) is 8.33. The predicted octanol–water partition coefficient (Wildman–Crippen LogP) is 6.39. The second kappa shape index (κ2) is 5.75. The topological polar surface area (TPSA) is 35.9 Å². The zero-order valence-electron chi connectivity index (χ0n) is 14.2. The molecular weight excluding hydrogens is 328 g/mol. The van der Waals surface area contributed by atoms with Crippen molar-refractivity contribution >= 4 is 29.2 Å². The van der Waals surface area contributed by atoms with Crippen molar-refractivity contribution in [3.05, 3.63) is 82.4 Å². The lowest BCUT2D eigenvalue weighted by atomic mass is 9.80. The Kier molecular flexibility index (Phi) is 3.66. The van der Waals surface area contributed by atoms with Crippen LogP contribution in [0.15, 0.2) is 60.7 Å². The minimum atomic E-state index is -0.128. The third-order valence-electron chi connectivity index (χ3n) is 5.03. The van der Waals surface area contributed by atoms with Crippen LogP contribution in [-0.4, -0.2) is 6.21 Å². The van der Waals surface area contributed by atoms with E-state index in [1.807, 2.05) is 24.3 Å². The molecule has 0 aromatic heterocycles. The predicted molar refractivity (Wildman–Crippen MR) is 107 cm³/mol. The van der Waals surface area contributed by atoms with Gasteiger partial charge in [0.05, 0.1) is 0 Å². The van der Waals surface area contributed by atoms with Crippen molar-refractivity contribution in [3.63, 3.8) is 0 Å². The average molecular weight is 347 g/mol. The number of hydrogen-bond acceptors (Lipinski definition) is 2. The Morgan fingerprint density at radius 2 is 1.64 bits per heavy atom. The molecule has 0 amide bonds. The lowest BCUT2D eigenvalue weighted by molar-refractivity contribution is 0.659. The number of halogens is 1. The fraction of sp³-hybridized carbons (Fsp3) is 0.136. The molecule has 0 bridgehead atoms. The molecule has 2 N–H and O–H groups in total. The summed E-state index contributed by atoms with van der Waals surface area (Å²) in [6.45, 7) is 4.47. The van der Waals surface area contributed by atoms with Gasteiger partial charge in [0.1, 0.15) is 0 Å². The fourth-order valence-electron chi connectivity index (χ4n) is 3.86. The molecule has 0 atom stereocenters. The number of anilines is 2. The van der Waals surface area contributed by atoms with Crippen molar-refractivity contribution in [2.45, 2.75) is 19.3 Å². The highest BCUT2D eigenvalue weighted by molar-refractivity contribution is 6.30. The molecule has 1 aliphatic rings. The molecule has 1 aliphatic carbocycles. The third-order valence-corrected chi connectivity index (χ3v) is 5.28. The highest BCUT2D eigenvalue weighted by Gasteiger charge is 2.37. The fourth-order valence-corrected chi connectivity index (χ4v) is 3.99. The van der Waals surface area contributed by atoms with E-state index in [1.54, 1.807) is 0 Å². The van der Waals surface area contributed by atoms with Gasteiger partial charge in [-0.05, 0) is 52.6 Å². The molecule has 4 rings (SSSR count). The second-order valence-corrected chi connectivity index (χ2v) is 7.33. The molecule has 0 saturated heterocycles. The van der Waals surface area contributed by atoms with Crippen LogP contribution in [0.5, 0.6) is 0 Å². The molecule has 0 unspecified atom stereocenters. The molecular formula is C22H19ClN2. The summed E-state index contributed by atoms with van der Waals surface area (Å²) in [7, 11) is 0. The molecule has 3 aromatic rings. The molecule has 0 spiro atoms. The third kappa shape index (κ3) is 2.45. The lowest BCUT2D eigenvalue weighted by Crippen LogP contribution is -2.18. The summed E-state index contributed by atoms with van der Waals surface area (Å²) in [6, 6.07) is 20.4. The van der Waals surface area contributed by atoms with Gasteiger partial charge in [-0.2, -0.15) is 0 Å². The Hall–Kier alpha value is -2.58. The summed E-state index contributed by atoms with van der Waals surface area (Å²) < 4.78 is 0. The molecule has 25 heavy (non-hydrogen) atoms. The number of rotatable bonds is 3. The second-order valence-electron chi connectivity index (χ2n) is 6.90. The SMILES string of the molecule is CC1(C)c2ccccc2-c2ccc(Nc3ccc(Cl)cc3)c(C=N)c21. The van der Waals surface area contributed by atoms with Crippen molar-refractivity contribution in [2.24, 2.45) is 0 Å². The monoisotopic (exact) mass is 346 g/mol. The Morgan fingerprint density at radius 1 is 0.920 bits per heavy atom. The Labute approximate surface area is 153 Å². The van der Waals surface area contributed by atoms with E-state index in [4.69, 9.17) is 17.0 Å². The first-order chi connectivity index (χ1) is 12.0. The zero-order chi connectivity index (χ0) is 17.6. The van der Waals surface area contributed by atoms with Gasteiger partial charge in [0.25, 0.3) is 0 Å². The normalized spacial score (nSPS) is 13.9. The van der Waals surface area contributed by atoms with Gasteiger partial charge < -0.3 is 10.7 Å². The van der Waals surface area contributed by atoms with Crippen LogP contribution < -0.4 is 5.32 Å². The summed E-state index contributed by atoms with van der Waals surface area (Å²) >= 11 is 5.97. The van der Waals surface area contributed by atoms with E-state index in [9.17, 15) is 0 Å². The van der Waals surface area contributed by atoms with Crippen molar-refractivity contribution < 1.29 is 0 Å². The van der Waals surface area contributed by atoms with Gasteiger partial charge >= 0.3 is 0 Å². The number of hydrogen-bond donors (Lipinski definition) is 2. The quantitative estimate of drug-likeness (QED) is 0.530. The molecule has 3 aromatic carbocycles. The smallest absolute Gasteiger partial charge is 0.0476 e. The van der Waals surface area contributed by atoms with E-state index >= 15 is 0 Å². The largest absolute Gasteiger partial charge is 0.355 e. The molecule has 0 saturated carbocycles. The van der Waals surface area contributed by atoms with E-state index in [2.05, 4.69) is 55.6 Å². The summed E-state index contributed by atoms with van der Waals surface area (Å²) in [5.74, 6) is 0. The maximum absolute atomic E-state index is 8.05. The van der Waals surface area contributed by atoms with Crippen LogP contribution in [0.2, 0.25) is 5.02 Å². The van der Waals surface area contributed by atoms with Crippen molar-refractivity contribution in [1.29, 1.82) is 5.41 Å². The first-order valence-corrected chi connectivity index (χ1v) is 8.70. The first kappa shape index (κ1) is 15.9. The maximum Gasteiger partial charge on any atom is 0.0476 e. The summed E-state index contributed by atoms with van der Waals surface area (Å²) in [4.78, 5) is 0. The number of fused-ring (bicyclic) bond motifs is 3. The van der Waals surface area contributed by atoms with Crippen LogP contribution in [0.3, 0.4) is 0 Å². The highest BCUT2D eigenvalue weighted by atomic mass is 35.5. The summed E-state index contributed by atoms with van der Waals surface area (Å²) in [5.41, 5.74) is 7.73. The van der Waals surface area contributed by atoms with Gasteiger partial charge in [-0.15, -0.1) is 0 Å². The molecule has 0 aliphatic heterocycles. The Morgan fingerprint density at radius 3 is 2.36 bits per heavy atom. The molecule has 0 radical (unpaired) electrons. The van der Waals surface area contributed by atoms with Crippen molar-refractivity contribution in [1.82, 2.24) is 0 Å². The van der Waals surface area contributed by atoms with E-state index in [-0.39, 0.29) is 5.41 Å². The molecule has 3 heteroatoms. The van der Waals surface area contributed by atoms with Crippen LogP contribution in [0.4, 0.5) is 11.4 Å². The van der Waals surface area contributed by atoms with E-state index in [0.717, 1.165) is 16.9 Å². The Balaban J connectivity index is 1.87. The molecule has 0 heterocycles. The van der Waals surface area contributed by atoms with Gasteiger partial charge in [0, 0.05) is 33.6 Å². The van der Waals surface area contributed by atoms with Gasteiger partial charge in [-0.25, -0.2) is 0 Å². The minimum absolute atomic E-state index is 0.128.